The lowest BCUT2D eigenvalue weighted by molar-refractivity contribution is 0.614. The van der Waals surface area contributed by atoms with Crippen molar-refractivity contribution in [1.29, 1.82) is 0 Å². The lowest BCUT2D eigenvalue weighted by Crippen LogP contribution is -2.36. The van der Waals surface area contributed by atoms with Crippen molar-refractivity contribution in [3.05, 3.63) is 11.6 Å². The number of hydrogen-bond donors (Lipinski definition) is 3. The number of hydrogen-bond acceptors (Lipinski definition) is 6. The van der Waals surface area contributed by atoms with Crippen LogP contribution in [0.25, 0.3) is 11.2 Å². The van der Waals surface area contributed by atoms with Crippen LogP contribution in [0.3, 0.4) is 0 Å². The second-order valence-corrected chi connectivity index (χ2v) is 6.62. The molecule has 0 fully saturated rings. The normalized spacial score (nSPS) is 13.8. The number of anilines is 1. The van der Waals surface area contributed by atoms with Crippen molar-refractivity contribution < 1.29 is 0 Å². The van der Waals surface area contributed by atoms with Crippen LogP contribution in [0.2, 0.25) is 5.28 Å². The summed E-state index contributed by atoms with van der Waals surface area (Å²) in [7, 11) is 1.50. The van der Waals surface area contributed by atoms with Crippen molar-refractivity contribution >= 4 is 51.0 Å². The van der Waals surface area contributed by atoms with Gasteiger partial charge in [-0.1, -0.05) is 10.8 Å². The molecule has 0 aromatic carbocycles. The van der Waals surface area contributed by atoms with Gasteiger partial charge in [0, 0.05) is 10.8 Å². The highest BCUT2D eigenvalue weighted by molar-refractivity contribution is 8.69. The number of aromatic nitrogens is 4. The third-order valence-corrected chi connectivity index (χ3v) is 5.29. The maximum Gasteiger partial charge on any atom is 0.226 e. The Labute approximate surface area is 119 Å². The van der Waals surface area contributed by atoms with Crippen LogP contribution < -0.4 is 5.32 Å². The highest BCUT2D eigenvalue weighted by atomic mass is 35.5. The number of nitrogens with one attached hydrogen (secondary N) is 2. The summed E-state index contributed by atoms with van der Waals surface area (Å²) < 4.78 is -0.0487. The molecule has 2 heterocycles. The van der Waals surface area contributed by atoms with Crippen molar-refractivity contribution in [2.45, 2.75) is 31.6 Å². The fourth-order valence-corrected chi connectivity index (χ4v) is 2.22. The average Bonchev–Trinajstić information content (AvgIpc) is 2.76. The van der Waals surface area contributed by atoms with Crippen LogP contribution in [0.5, 0.6) is 0 Å². The molecule has 1 atom stereocenters. The second-order valence-electron chi connectivity index (χ2n) is 4.50. The lowest BCUT2D eigenvalue weighted by Gasteiger charge is -2.30. The molecule has 0 aliphatic carbocycles. The highest BCUT2D eigenvalue weighted by Gasteiger charge is 2.26. The summed E-state index contributed by atoms with van der Waals surface area (Å²) in [5, 5.41) is 3.51. The number of fused-ring (bicyclic) bond motifs is 1. The van der Waals surface area contributed by atoms with Crippen LogP contribution in [-0.2, 0) is 0 Å². The maximum atomic E-state index is 5.88. The molecule has 0 bridgehead atoms. The third-order valence-electron chi connectivity index (χ3n) is 2.89. The average molecular weight is 304 g/mol. The molecule has 2 rings (SSSR count). The number of aromatic amines is 1. The molecule has 0 amide bonds. The van der Waals surface area contributed by atoms with Crippen LogP contribution in [0, 0.1) is 0 Å². The smallest absolute Gasteiger partial charge is 0.226 e. The van der Waals surface area contributed by atoms with Crippen LogP contribution in [0.1, 0.15) is 20.8 Å². The zero-order valence-electron chi connectivity index (χ0n) is 10.2. The Kier molecular flexibility index (Phi) is 3.93. The van der Waals surface area contributed by atoms with Gasteiger partial charge in [-0.15, -0.1) is 11.7 Å². The molecule has 0 saturated heterocycles. The minimum absolute atomic E-state index is 0.0487. The molecule has 0 spiro atoms. The van der Waals surface area contributed by atoms with Gasteiger partial charge in [0.05, 0.1) is 6.33 Å². The Morgan fingerprint density at radius 3 is 2.89 bits per heavy atom. The van der Waals surface area contributed by atoms with Gasteiger partial charge in [0.25, 0.3) is 0 Å². The van der Waals surface area contributed by atoms with E-state index in [0.717, 1.165) is 5.52 Å². The van der Waals surface area contributed by atoms with Gasteiger partial charge in [0.15, 0.2) is 11.5 Å². The molecule has 0 saturated carbocycles. The van der Waals surface area contributed by atoms with Gasteiger partial charge in [-0.3, -0.25) is 0 Å². The van der Waals surface area contributed by atoms with E-state index in [2.05, 4.69) is 57.7 Å². The van der Waals surface area contributed by atoms with Gasteiger partial charge in [0.2, 0.25) is 5.28 Å². The van der Waals surface area contributed by atoms with E-state index in [4.69, 9.17) is 11.6 Å². The van der Waals surface area contributed by atoms with E-state index in [9.17, 15) is 0 Å². The Balaban J connectivity index is 2.34. The van der Waals surface area contributed by atoms with Gasteiger partial charge in [-0.05, 0) is 32.4 Å². The number of imidazole rings is 1. The molecule has 98 valence electrons. The summed E-state index contributed by atoms with van der Waals surface area (Å²) in [6.45, 7) is 6.28. The summed E-state index contributed by atoms with van der Waals surface area (Å²) in [4.78, 5) is 15.3. The van der Waals surface area contributed by atoms with E-state index >= 15 is 0 Å². The number of thiol groups is 1. The quantitative estimate of drug-likeness (QED) is 0.460. The van der Waals surface area contributed by atoms with Crippen LogP contribution in [0.15, 0.2) is 6.33 Å². The molecule has 0 unspecified atom stereocenters. The standard InChI is InChI=1S/C10H14ClN5S2/c1-5(10(2,3)18-17)14-8-6-7(13-4-12-6)15-9(11)16-8/h4-5,17H,1-3H3,(H2,12,13,14,15,16)/t5-/m0/s1. The maximum absolute atomic E-state index is 5.88. The fourth-order valence-electron chi connectivity index (χ4n) is 1.37. The number of rotatable bonds is 4. The van der Waals surface area contributed by atoms with Crippen LogP contribution >= 0.6 is 34.1 Å². The first-order valence-corrected chi connectivity index (χ1v) is 7.64. The Bertz CT molecular complexity index is 556. The zero-order valence-corrected chi connectivity index (χ0v) is 12.7. The van der Waals surface area contributed by atoms with Crippen LogP contribution in [-0.4, -0.2) is 30.7 Å². The molecule has 0 aliphatic heterocycles. The van der Waals surface area contributed by atoms with E-state index in [1.165, 1.54) is 10.8 Å². The Hall–Kier alpha value is -0.660. The van der Waals surface area contributed by atoms with Gasteiger partial charge in [-0.2, -0.15) is 9.97 Å². The minimum atomic E-state index is -0.0487. The summed E-state index contributed by atoms with van der Waals surface area (Å²) in [6, 6.07) is 0.150. The summed E-state index contributed by atoms with van der Waals surface area (Å²) in [6.07, 6.45) is 1.57. The lowest BCUT2D eigenvalue weighted by atomic mass is 10.1. The number of nitrogens with zero attached hydrogens (tertiary/aromatic N) is 3. The molecule has 0 radical (unpaired) electrons. The van der Waals surface area contributed by atoms with Crippen molar-refractivity contribution in [2.24, 2.45) is 0 Å². The molecular weight excluding hydrogens is 290 g/mol. The molecule has 0 aliphatic rings. The van der Waals surface area contributed by atoms with E-state index < -0.39 is 0 Å². The molecule has 2 aromatic rings. The first-order valence-electron chi connectivity index (χ1n) is 5.40. The van der Waals surface area contributed by atoms with Gasteiger partial charge in [0.1, 0.15) is 5.52 Å². The predicted octanol–water partition coefficient (Wildman–Crippen LogP) is 3.16. The monoisotopic (exact) mass is 303 g/mol. The highest BCUT2D eigenvalue weighted by Crippen LogP contribution is 2.33. The molecule has 8 heteroatoms. The molecule has 5 nitrogen and oxygen atoms in total. The molecular formula is C10H14ClN5S2. The van der Waals surface area contributed by atoms with Gasteiger partial charge >= 0.3 is 0 Å². The first kappa shape index (κ1) is 13.8. The fraction of sp³-hybridized carbons (Fsp3) is 0.500. The SMILES string of the molecule is C[C@H](Nc1nc(Cl)nc2nc[nH]c12)C(C)(C)SS. The molecule has 2 aromatic heterocycles. The predicted molar refractivity (Wildman–Crippen MR) is 80.4 cm³/mol. The molecule has 2 N–H and O–H groups in total. The largest absolute Gasteiger partial charge is 0.364 e. The summed E-state index contributed by atoms with van der Waals surface area (Å²) in [5.74, 6) is 0.658. The number of halogens is 1. The summed E-state index contributed by atoms with van der Waals surface area (Å²) in [5.41, 5.74) is 1.31. The van der Waals surface area contributed by atoms with Crippen molar-refractivity contribution in [3.63, 3.8) is 0 Å². The van der Waals surface area contributed by atoms with E-state index in [-0.39, 0.29) is 16.1 Å². The van der Waals surface area contributed by atoms with Crippen molar-refractivity contribution in [2.75, 3.05) is 5.32 Å². The molecule has 18 heavy (non-hydrogen) atoms. The van der Waals surface area contributed by atoms with E-state index in [0.29, 0.717) is 11.5 Å². The van der Waals surface area contributed by atoms with E-state index in [1.54, 1.807) is 6.33 Å². The number of H-pyrrole nitrogens is 1. The van der Waals surface area contributed by atoms with Gasteiger partial charge in [-0.25, -0.2) is 4.98 Å². The van der Waals surface area contributed by atoms with E-state index in [1.807, 2.05) is 0 Å². The Morgan fingerprint density at radius 2 is 2.22 bits per heavy atom. The topological polar surface area (TPSA) is 66.5 Å². The van der Waals surface area contributed by atoms with Crippen molar-refractivity contribution in [3.8, 4) is 0 Å². The summed E-state index contributed by atoms with van der Waals surface area (Å²) >= 11 is 10.2. The first-order chi connectivity index (χ1) is 8.44. The minimum Gasteiger partial charge on any atom is -0.364 e. The third kappa shape index (κ3) is 2.67. The van der Waals surface area contributed by atoms with Crippen molar-refractivity contribution in [1.82, 2.24) is 19.9 Å². The Morgan fingerprint density at radius 1 is 1.50 bits per heavy atom. The van der Waals surface area contributed by atoms with Crippen LogP contribution in [0.4, 0.5) is 5.82 Å². The zero-order chi connectivity index (χ0) is 13.3. The second kappa shape index (κ2) is 5.14. The van der Waals surface area contributed by atoms with Gasteiger partial charge < -0.3 is 10.3 Å².